The summed E-state index contributed by atoms with van der Waals surface area (Å²) in [4.78, 5) is 14.6. The summed E-state index contributed by atoms with van der Waals surface area (Å²) in [5.74, 6) is 0.250. The molecule has 1 aliphatic heterocycles. The molecular formula is C16H22N2O3. The first kappa shape index (κ1) is 14.2. The Bertz CT molecular complexity index is 522. The minimum atomic E-state index is -0.143. The average Bonchev–Trinajstić information content (AvgIpc) is 3.30. The van der Waals surface area contributed by atoms with Crippen molar-refractivity contribution in [2.75, 3.05) is 19.6 Å². The zero-order valence-electron chi connectivity index (χ0n) is 12.1. The predicted molar refractivity (Wildman–Crippen MR) is 79.4 cm³/mol. The zero-order valence-corrected chi connectivity index (χ0v) is 12.1. The molecule has 0 bridgehead atoms. The maximum absolute atomic E-state index is 12.7. The molecule has 5 nitrogen and oxygen atoms in total. The first-order valence-electron chi connectivity index (χ1n) is 7.69. The van der Waals surface area contributed by atoms with Crippen molar-refractivity contribution in [2.24, 2.45) is 5.92 Å². The number of hydrogen-bond acceptors (Lipinski definition) is 4. The summed E-state index contributed by atoms with van der Waals surface area (Å²) in [6.45, 7) is 2.80. The Kier molecular flexibility index (Phi) is 4.01. The summed E-state index contributed by atoms with van der Waals surface area (Å²) in [5.41, 5.74) is 0.286. The van der Waals surface area contributed by atoms with Crippen LogP contribution in [0.4, 0.5) is 0 Å². The molecular weight excluding hydrogens is 268 g/mol. The number of phenols is 2. The molecule has 2 fully saturated rings. The molecule has 0 spiro atoms. The third kappa shape index (κ3) is 3.29. The minimum absolute atomic E-state index is 0.0274. The molecule has 3 rings (SSSR count). The van der Waals surface area contributed by atoms with E-state index in [9.17, 15) is 15.0 Å². The molecule has 1 aromatic carbocycles. The second-order valence-corrected chi connectivity index (χ2v) is 6.08. The molecule has 21 heavy (non-hydrogen) atoms. The van der Waals surface area contributed by atoms with E-state index >= 15 is 0 Å². The van der Waals surface area contributed by atoms with Crippen LogP contribution in [0, 0.1) is 5.92 Å². The molecule has 114 valence electrons. The van der Waals surface area contributed by atoms with Gasteiger partial charge < -0.3 is 20.4 Å². The lowest BCUT2D eigenvalue weighted by Gasteiger charge is -2.30. The van der Waals surface area contributed by atoms with Crippen LogP contribution < -0.4 is 5.32 Å². The van der Waals surface area contributed by atoms with Crippen LogP contribution >= 0.6 is 0 Å². The van der Waals surface area contributed by atoms with Gasteiger partial charge in [0.1, 0.15) is 11.5 Å². The monoisotopic (exact) mass is 290 g/mol. The second-order valence-electron chi connectivity index (χ2n) is 6.08. The van der Waals surface area contributed by atoms with Gasteiger partial charge in [-0.05, 0) is 56.8 Å². The van der Waals surface area contributed by atoms with E-state index in [2.05, 4.69) is 5.32 Å². The molecule has 5 heteroatoms. The Labute approximate surface area is 124 Å². The molecule has 0 aromatic heterocycles. The first-order valence-corrected chi connectivity index (χ1v) is 7.69. The minimum Gasteiger partial charge on any atom is -0.508 e. The van der Waals surface area contributed by atoms with Gasteiger partial charge in [0, 0.05) is 18.7 Å². The van der Waals surface area contributed by atoms with Gasteiger partial charge in [-0.2, -0.15) is 0 Å². The largest absolute Gasteiger partial charge is 0.508 e. The molecule has 1 heterocycles. The van der Waals surface area contributed by atoms with E-state index in [0.717, 1.165) is 45.3 Å². The summed E-state index contributed by atoms with van der Waals surface area (Å²) in [5, 5.41) is 22.6. The number of nitrogens with zero attached hydrogens (tertiary/aromatic N) is 1. The lowest BCUT2D eigenvalue weighted by Crippen LogP contribution is -2.40. The summed E-state index contributed by atoms with van der Waals surface area (Å²) >= 11 is 0. The second kappa shape index (κ2) is 5.93. The van der Waals surface area contributed by atoms with Crippen LogP contribution in [-0.4, -0.2) is 46.7 Å². The van der Waals surface area contributed by atoms with Crippen LogP contribution in [0.1, 0.15) is 36.0 Å². The van der Waals surface area contributed by atoms with Gasteiger partial charge in [0.25, 0.3) is 5.91 Å². The van der Waals surface area contributed by atoms with Gasteiger partial charge in [0.05, 0.1) is 5.56 Å². The Morgan fingerprint density at radius 3 is 2.52 bits per heavy atom. The van der Waals surface area contributed by atoms with E-state index in [1.54, 1.807) is 0 Å². The maximum atomic E-state index is 12.7. The smallest absolute Gasteiger partial charge is 0.257 e. The van der Waals surface area contributed by atoms with Crippen molar-refractivity contribution in [1.29, 1.82) is 0 Å². The number of benzene rings is 1. The SMILES string of the molecule is O=C(c1ccc(O)cc1O)N(CC1CCNCC1)C1CC1. The molecule has 3 N–H and O–H groups in total. The van der Waals surface area contributed by atoms with Crippen LogP contribution in [0.25, 0.3) is 0 Å². The summed E-state index contributed by atoms with van der Waals surface area (Å²) in [7, 11) is 0. The van der Waals surface area contributed by atoms with Crippen LogP contribution in [0.2, 0.25) is 0 Å². The number of carbonyl (C=O) groups is 1. The third-order valence-corrected chi connectivity index (χ3v) is 4.37. The van der Waals surface area contributed by atoms with Crippen molar-refractivity contribution < 1.29 is 15.0 Å². The van der Waals surface area contributed by atoms with Gasteiger partial charge in [0.2, 0.25) is 0 Å². The van der Waals surface area contributed by atoms with Crippen molar-refractivity contribution in [3.05, 3.63) is 23.8 Å². The number of rotatable bonds is 4. The van der Waals surface area contributed by atoms with Gasteiger partial charge in [-0.25, -0.2) is 0 Å². The lowest BCUT2D eigenvalue weighted by atomic mass is 9.97. The normalized spacial score (nSPS) is 19.4. The van der Waals surface area contributed by atoms with Gasteiger partial charge >= 0.3 is 0 Å². The van der Waals surface area contributed by atoms with E-state index < -0.39 is 0 Å². The van der Waals surface area contributed by atoms with Crippen LogP contribution in [0.3, 0.4) is 0 Å². The molecule has 0 unspecified atom stereocenters. The van der Waals surface area contributed by atoms with Crippen molar-refractivity contribution in [3.8, 4) is 11.5 Å². The fraction of sp³-hybridized carbons (Fsp3) is 0.562. The quantitative estimate of drug-likeness (QED) is 0.789. The maximum Gasteiger partial charge on any atom is 0.257 e. The summed E-state index contributed by atoms with van der Waals surface area (Å²) in [6.07, 6.45) is 4.29. The Morgan fingerprint density at radius 2 is 1.90 bits per heavy atom. The van der Waals surface area contributed by atoms with Gasteiger partial charge in [-0.1, -0.05) is 0 Å². The van der Waals surface area contributed by atoms with Crippen molar-refractivity contribution in [3.63, 3.8) is 0 Å². The topological polar surface area (TPSA) is 72.8 Å². The molecule has 0 atom stereocenters. The molecule has 0 radical (unpaired) electrons. The van der Waals surface area contributed by atoms with Crippen molar-refractivity contribution in [2.45, 2.75) is 31.7 Å². The van der Waals surface area contributed by atoms with Gasteiger partial charge in [-0.15, -0.1) is 0 Å². The number of piperidine rings is 1. The average molecular weight is 290 g/mol. The number of amides is 1. The Balaban J connectivity index is 1.75. The van der Waals surface area contributed by atoms with E-state index in [0.29, 0.717) is 12.0 Å². The predicted octanol–water partition coefficient (Wildman–Crippen LogP) is 1.70. The van der Waals surface area contributed by atoms with Crippen LogP contribution in [0.15, 0.2) is 18.2 Å². The number of hydrogen-bond donors (Lipinski definition) is 3. The van der Waals surface area contributed by atoms with E-state index in [4.69, 9.17) is 0 Å². The number of aromatic hydroxyl groups is 2. The molecule has 2 aliphatic rings. The van der Waals surface area contributed by atoms with Crippen LogP contribution in [-0.2, 0) is 0 Å². The number of nitrogens with one attached hydrogen (secondary N) is 1. The molecule has 1 amide bonds. The highest BCUT2D eigenvalue weighted by Crippen LogP contribution is 2.32. The fourth-order valence-electron chi connectivity index (χ4n) is 2.98. The third-order valence-electron chi connectivity index (χ3n) is 4.37. The summed E-state index contributed by atoms with van der Waals surface area (Å²) < 4.78 is 0. The highest BCUT2D eigenvalue weighted by atomic mass is 16.3. The highest BCUT2D eigenvalue weighted by Gasteiger charge is 2.35. The molecule has 1 aliphatic carbocycles. The summed E-state index contributed by atoms with van der Waals surface area (Å²) in [6, 6.07) is 4.50. The standard InChI is InChI=1S/C16H22N2O3/c19-13-3-4-14(15(20)9-13)16(21)18(12-1-2-12)10-11-5-7-17-8-6-11/h3-4,9,11-12,17,19-20H,1-2,5-8,10H2. The van der Waals surface area contributed by atoms with E-state index in [1.807, 2.05) is 4.90 Å². The zero-order chi connectivity index (χ0) is 14.8. The number of phenolic OH excluding ortho intramolecular Hbond substituents is 2. The Hall–Kier alpha value is -1.75. The van der Waals surface area contributed by atoms with Gasteiger partial charge in [0.15, 0.2) is 0 Å². The van der Waals surface area contributed by atoms with Gasteiger partial charge in [-0.3, -0.25) is 4.79 Å². The lowest BCUT2D eigenvalue weighted by molar-refractivity contribution is 0.0698. The van der Waals surface area contributed by atoms with Crippen LogP contribution in [0.5, 0.6) is 11.5 Å². The highest BCUT2D eigenvalue weighted by molar-refractivity contribution is 5.97. The number of carbonyl (C=O) groups excluding carboxylic acids is 1. The van der Waals surface area contributed by atoms with Crippen molar-refractivity contribution >= 4 is 5.91 Å². The molecule has 1 saturated carbocycles. The molecule has 1 aromatic rings. The van der Waals surface area contributed by atoms with E-state index in [1.165, 1.54) is 18.2 Å². The van der Waals surface area contributed by atoms with Crippen molar-refractivity contribution in [1.82, 2.24) is 10.2 Å². The first-order chi connectivity index (χ1) is 10.1. The molecule has 1 saturated heterocycles. The fourth-order valence-corrected chi connectivity index (χ4v) is 2.98. The van der Waals surface area contributed by atoms with E-state index in [-0.39, 0.29) is 23.0 Å². The Morgan fingerprint density at radius 1 is 1.19 bits per heavy atom.